The fourth-order valence-corrected chi connectivity index (χ4v) is 2.16. The lowest BCUT2D eigenvalue weighted by Gasteiger charge is -2.28. The van der Waals surface area contributed by atoms with Crippen molar-refractivity contribution in [3.05, 3.63) is 24.0 Å². The van der Waals surface area contributed by atoms with E-state index in [9.17, 15) is 0 Å². The van der Waals surface area contributed by atoms with Crippen LogP contribution in [-0.2, 0) is 6.54 Å². The maximum Gasteiger partial charge on any atom is 0.0564 e. The lowest BCUT2D eigenvalue weighted by Crippen LogP contribution is -2.33. The molecule has 0 fully saturated rings. The molecule has 1 rings (SSSR count). The van der Waals surface area contributed by atoms with E-state index in [1.54, 1.807) is 0 Å². The van der Waals surface area contributed by atoms with Gasteiger partial charge in [0.15, 0.2) is 0 Å². The summed E-state index contributed by atoms with van der Waals surface area (Å²) in [5.74, 6) is 0. The van der Waals surface area contributed by atoms with Gasteiger partial charge in [-0.3, -0.25) is 9.88 Å². The van der Waals surface area contributed by atoms with Crippen LogP contribution in [0.2, 0.25) is 0 Å². The molecule has 0 saturated carbocycles. The quantitative estimate of drug-likeness (QED) is 0.732. The second-order valence-electron chi connectivity index (χ2n) is 5.15. The molecule has 0 aromatic carbocycles. The Labute approximate surface area is 118 Å². The summed E-state index contributed by atoms with van der Waals surface area (Å²) >= 11 is 0. The van der Waals surface area contributed by atoms with Crippen LogP contribution in [0, 0.1) is 0 Å². The molecule has 0 saturated heterocycles. The standard InChI is InChI=1S/C16H29N3/c1-5-8-11-19(14(4)6-2)13-16-12-15(17-7-3)9-10-18-16/h9-10,12,14H,5-8,11,13H2,1-4H3,(H,17,18). The van der Waals surface area contributed by atoms with Gasteiger partial charge in [-0.15, -0.1) is 0 Å². The molecule has 1 aromatic heterocycles. The van der Waals surface area contributed by atoms with Gasteiger partial charge in [-0.1, -0.05) is 20.3 Å². The van der Waals surface area contributed by atoms with E-state index >= 15 is 0 Å². The maximum absolute atomic E-state index is 4.50. The van der Waals surface area contributed by atoms with Gasteiger partial charge in [-0.05, 0) is 45.4 Å². The number of unbranched alkanes of at least 4 members (excludes halogenated alkanes) is 1. The SMILES string of the molecule is CCCCN(Cc1cc(NCC)ccn1)C(C)CC. The minimum Gasteiger partial charge on any atom is -0.385 e. The van der Waals surface area contributed by atoms with Gasteiger partial charge >= 0.3 is 0 Å². The minimum absolute atomic E-state index is 0.621. The van der Waals surface area contributed by atoms with Crippen molar-refractivity contribution in [2.75, 3.05) is 18.4 Å². The van der Waals surface area contributed by atoms with Crippen molar-refractivity contribution in [2.24, 2.45) is 0 Å². The molecule has 0 amide bonds. The van der Waals surface area contributed by atoms with Crippen LogP contribution in [0.25, 0.3) is 0 Å². The third kappa shape index (κ3) is 5.60. The van der Waals surface area contributed by atoms with Gasteiger partial charge in [0, 0.05) is 31.0 Å². The third-order valence-corrected chi connectivity index (χ3v) is 3.58. The number of hydrogen-bond donors (Lipinski definition) is 1. The molecule has 1 aromatic rings. The van der Waals surface area contributed by atoms with Crippen molar-refractivity contribution in [1.29, 1.82) is 0 Å². The Balaban J connectivity index is 2.68. The van der Waals surface area contributed by atoms with Gasteiger partial charge in [0.1, 0.15) is 0 Å². The average Bonchev–Trinajstić information content (AvgIpc) is 2.43. The molecule has 1 atom stereocenters. The van der Waals surface area contributed by atoms with E-state index in [1.165, 1.54) is 31.5 Å². The number of aromatic nitrogens is 1. The Morgan fingerprint density at radius 1 is 1.32 bits per heavy atom. The van der Waals surface area contributed by atoms with E-state index in [-0.39, 0.29) is 0 Å². The molecule has 3 nitrogen and oxygen atoms in total. The number of nitrogens with one attached hydrogen (secondary N) is 1. The Morgan fingerprint density at radius 2 is 2.11 bits per heavy atom. The molecular formula is C16H29N3. The monoisotopic (exact) mass is 263 g/mol. The fraction of sp³-hybridized carbons (Fsp3) is 0.688. The predicted octanol–water partition coefficient (Wildman–Crippen LogP) is 3.91. The molecule has 0 spiro atoms. The predicted molar refractivity (Wildman–Crippen MR) is 83.5 cm³/mol. The van der Waals surface area contributed by atoms with E-state index in [4.69, 9.17) is 0 Å². The van der Waals surface area contributed by atoms with E-state index in [1.807, 2.05) is 12.3 Å². The van der Waals surface area contributed by atoms with Crippen molar-refractivity contribution in [2.45, 2.75) is 59.5 Å². The van der Waals surface area contributed by atoms with Crippen molar-refractivity contribution >= 4 is 5.69 Å². The van der Waals surface area contributed by atoms with Gasteiger partial charge in [0.05, 0.1) is 5.69 Å². The molecule has 1 heterocycles. The maximum atomic E-state index is 4.50. The van der Waals surface area contributed by atoms with E-state index in [0.29, 0.717) is 6.04 Å². The third-order valence-electron chi connectivity index (χ3n) is 3.58. The van der Waals surface area contributed by atoms with Crippen LogP contribution in [0.4, 0.5) is 5.69 Å². The summed E-state index contributed by atoms with van der Waals surface area (Å²) in [7, 11) is 0. The highest BCUT2D eigenvalue weighted by atomic mass is 15.2. The van der Waals surface area contributed by atoms with Crippen LogP contribution in [0.15, 0.2) is 18.3 Å². The lowest BCUT2D eigenvalue weighted by molar-refractivity contribution is 0.190. The fourth-order valence-electron chi connectivity index (χ4n) is 2.16. The smallest absolute Gasteiger partial charge is 0.0564 e. The van der Waals surface area contributed by atoms with Crippen LogP contribution in [0.3, 0.4) is 0 Å². The summed E-state index contributed by atoms with van der Waals surface area (Å²) in [4.78, 5) is 7.05. The number of rotatable bonds is 9. The first-order valence-electron chi connectivity index (χ1n) is 7.64. The first-order valence-corrected chi connectivity index (χ1v) is 7.64. The summed E-state index contributed by atoms with van der Waals surface area (Å²) in [6, 6.07) is 4.83. The molecule has 0 bridgehead atoms. The number of anilines is 1. The van der Waals surface area contributed by atoms with E-state index < -0.39 is 0 Å². The number of pyridine rings is 1. The second kappa shape index (κ2) is 8.92. The number of hydrogen-bond acceptors (Lipinski definition) is 3. The summed E-state index contributed by atoms with van der Waals surface area (Å²) in [5, 5.41) is 3.35. The normalized spacial score (nSPS) is 12.7. The highest BCUT2D eigenvalue weighted by Gasteiger charge is 2.12. The van der Waals surface area contributed by atoms with Crippen molar-refractivity contribution < 1.29 is 0 Å². The van der Waals surface area contributed by atoms with Gasteiger partial charge in [-0.2, -0.15) is 0 Å². The Hall–Kier alpha value is -1.09. The summed E-state index contributed by atoms with van der Waals surface area (Å²) in [6.45, 7) is 12.0. The van der Waals surface area contributed by atoms with E-state index in [0.717, 1.165) is 18.8 Å². The van der Waals surface area contributed by atoms with Crippen LogP contribution >= 0.6 is 0 Å². The van der Waals surface area contributed by atoms with Crippen LogP contribution < -0.4 is 5.32 Å². The Bertz CT molecular complexity index is 352. The van der Waals surface area contributed by atoms with Gasteiger partial charge in [0.25, 0.3) is 0 Å². The van der Waals surface area contributed by atoms with Crippen molar-refractivity contribution in [1.82, 2.24) is 9.88 Å². The van der Waals surface area contributed by atoms with Crippen LogP contribution in [0.1, 0.15) is 52.7 Å². The summed E-state index contributed by atoms with van der Waals surface area (Å²) < 4.78 is 0. The largest absolute Gasteiger partial charge is 0.385 e. The van der Waals surface area contributed by atoms with E-state index in [2.05, 4.69) is 49.0 Å². The zero-order valence-corrected chi connectivity index (χ0v) is 12.9. The molecule has 1 unspecified atom stereocenters. The molecule has 108 valence electrons. The highest BCUT2D eigenvalue weighted by Crippen LogP contribution is 2.13. The number of nitrogens with zero attached hydrogens (tertiary/aromatic N) is 2. The Morgan fingerprint density at radius 3 is 2.74 bits per heavy atom. The highest BCUT2D eigenvalue weighted by molar-refractivity contribution is 5.42. The Kier molecular flexibility index (Phi) is 7.49. The average molecular weight is 263 g/mol. The molecule has 0 aliphatic rings. The van der Waals surface area contributed by atoms with Crippen molar-refractivity contribution in [3.63, 3.8) is 0 Å². The topological polar surface area (TPSA) is 28.2 Å². The van der Waals surface area contributed by atoms with Crippen LogP contribution in [0.5, 0.6) is 0 Å². The molecule has 0 aliphatic heterocycles. The molecule has 19 heavy (non-hydrogen) atoms. The van der Waals surface area contributed by atoms with Gasteiger partial charge in [-0.25, -0.2) is 0 Å². The molecule has 0 radical (unpaired) electrons. The van der Waals surface area contributed by atoms with Crippen molar-refractivity contribution in [3.8, 4) is 0 Å². The van der Waals surface area contributed by atoms with Crippen LogP contribution in [-0.4, -0.2) is 29.0 Å². The molecule has 3 heteroatoms. The van der Waals surface area contributed by atoms with Gasteiger partial charge in [0.2, 0.25) is 0 Å². The molecular weight excluding hydrogens is 234 g/mol. The minimum atomic E-state index is 0.621. The van der Waals surface area contributed by atoms with Gasteiger partial charge < -0.3 is 5.32 Å². The second-order valence-corrected chi connectivity index (χ2v) is 5.15. The molecule has 0 aliphatic carbocycles. The first kappa shape index (κ1) is 16.0. The first-order chi connectivity index (χ1) is 9.21. The lowest BCUT2D eigenvalue weighted by atomic mass is 10.1. The summed E-state index contributed by atoms with van der Waals surface area (Å²) in [5.41, 5.74) is 2.34. The zero-order chi connectivity index (χ0) is 14.1. The molecule has 1 N–H and O–H groups in total. The summed E-state index contributed by atoms with van der Waals surface area (Å²) in [6.07, 6.45) is 5.60. The zero-order valence-electron chi connectivity index (χ0n) is 12.9.